The number of alkyl carbamates (subject to hydrolysis) is 1. The molecule has 1 unspecified atom stereocenters. The molecule has 0 fully saturated rings. The predicted octanol–water partition coefficient (Wildman–Crippen LogP) is 2.73. The molecular formula is C15H17ClN2O4. The van der Waals surface area contributed by atoms with Crippen LogP contribution in [0.4, 0.5) is 4.79 Å². The Morgan fingerprint density at radius 1 is 1.45 bits per heavy atom. The fourth-order valence-corrected chi connectivity index (χ4v) is 1.90. The molecule has 0 aliphatic heterocycles. The van der Waals surface area contributed by atoms with E-state index in [2.05, 4.69) is 5.32 Å². The highest BCUT2D eigenvalue weighted by molar-refractivity contribution is 6.30. The van der Waals surface area contributed by atoms with Gasteiger partial charge in [0.1, 0.15) is 11.6 Å². The molecule has 0 saturated carbocycles. The average molecular weight is 325 g/mol. The number of aliphatic carboxylic acids is 1. The second kappa shape index (κ2) is 7.14. The monoisotopic (exact) mass is 324 g/mol. The largest absolute Gasteiger partial charge is 0.480 e. The molecule has 0 spiro atoms. The Morgan fingerprint density at radius 2 is 2.09 bits per heavy atom. The van der Waals surface area contributed by atoms with Crippen LogP contribution >= 0.6 is 11.6 Å². The van der Waals surface area contributed by atoms with Gasteiger partial charge in [-0.1, -0.05) is 11.6 Å². The Hall–Kier alpha value is -2.26. The van der Waals surface area contributed by atoms with Crippen LogP contribution in [-0.4, -0.2) is 28.8 Å². The lowest BCUT2D eigenvalue weighted by molar-refractivity contribution is -0.139. The molecule has 1 rings (SSSR count). The molecule has 1 aromatic carbocycles. The van der Waals surface area contributed by atoms with Crippen LogP contribution in [-0.2, 0) is 16.0 Å². The van der Waals surface area contributed by atoms with E-state index in [4.69, 9.17) is 21.6 Å². The van der Waals surface area contributed by atoms with E-state index in [1.807, 2.05) is 6.07 Å². The summed E-state index contributed by atoms with van der Waals surface area (Å²) in [5, 5.41) is 20.9. The Kier molecular flexibility index (Phi) is 5.77. The van der Waals surface area contributed by atoms with Crippen LogP contribution in [0.15, 0.2) is 18.2 Å². The molecule has 118 valence electrons. The molecular weight excluding hydrogens is 308 g/mol. The van der Waals surface area contributed by atoms with Crippen LogP contribution in [0, 0.1) is 11.3 Å². The first-order valence-corrected chi connectivity index (χ1v) is 6.91. The van der Waals surface area contributed by atoms with Crippen LogP contribution in [0.1, 0.15) is 31.9 Å². The number of benzene rings is 1. The molecule has 0 heterocycles. The van der Waals surface area contributed by atoms with Crippen LogP contribution in [0.25, 0.3) is 0 Å². The van der Waals surface area contributed by atoms with E-state index in [1.165, 1.54) is 12.1 Å². The number of nitrogens with zero attached hydrogens (tertiary/aromatic N) is 1. The topological polar surface area (TPSA) is 99.4 Å². The minimum atomic E-state index is -1.23. The number of carboxylic acid groups (broad SMARTS) is 1. The fourth-order valence-electron chi connectivity index (χ4n) is 1.71. The molecule has 0 aromatic heterocycles. The highest BCUT2D eigenvalue weighted by atomic mass is 35.5. The van der Waals surface area contributed by atoms with Gasteiger partial charge in [-0.15, -0.1) is 0 Å². The zero-order valence-electron chi connectivity index (χ0n) is 12.5. The molecule has 1 atom stereocenters. The van der Waals surface area contributed by atoms with Crippen molar-refractivity contribution in [2.75, 3.05) is 0 Å². The van der Waals surface area contributed by atoms with Crippen LogP contribution < -0.4 is 5.32 Å². The van der Waals surface area contributed by atoms with Gasteiger partial charge >= 0.3 is 12.1 Å². The van der Waals surface area contributed by atoms with Crippen LogP contribution in [0.3, 0.4) is 0 Å². The third-order valence-electron chi connectivity index (χ3n) is 2.60. The highest BCUT2D eigenvalue weighted by Gasteiger charge is 2.25. The van der Waals surface area contributed by atoms with E-state index in [0.29, 0.717) is 16.1 Å². The molecule has 1 aromatic rings. The van der Waals surface area contributed by atoms with Gasteiger partial charge in [-0.25, -0.2) is 9.59 Å². The summed E-state index contributed by atoms with van der Waals surface area (Å²) in [5.41, 5.74) is 0.0150. The van der Waals surface area contributed by atoms with Crippen LogP contribution in [0.2, 0.25) is 5.02 Å². The number of nitriles is 1. The summed E-state index contributed by atoms with van der Waals surface area (Å²) in [7, 11) is 0. The van der Waals surface area contributed by atoms with Crippen molar-refractivity contribution in [2.45, 2.75) is 38.8 Å². The van der Waals surface area contributed by atoms with Gasteiger partial charge in [0.05, 0.1) is 11.6 Å². The van der Waals surface area contributed by atoms with Gasteiger partial charge in [0.2, 0.25) is 0 Å². The number of carboxylic acids is 1. The molecule has 1 amide bonds. The molecule has 0 saturated heterocycles. The van der Waals surface area contributed by atoms with Gasteiger partial charge in [-0.2, -0.15) is 5.26 Å². The lowest BCUT2D eigenvalue weighted by Gasteiger charge is -2.22. The number of carbonyl (C=O) groups is 2. The van der Waals surface area contributed by atoms with E-state index < -0.39 is 23.7 Å². The number of halogens is 1. The first-order chi connectivity index (χ1) is 10.1. The number of hydrogen-bond donors (Lipinski definition) is 2. The minimum absolute atomic E-state index is 0.0714. The van der Waals surface area contributed by atoms with E-state index >= 15 is 0 Å². The number of amides is 1. The van der Waals surface area contributed by atoms with Crippen LogP contribution in [0.5, 0.6) is 0 Å². The number of ether oxygens (including phenoxy) is 1. The van der Waals surface area contributed by atoms with E-state index in [9.17, 15) is 14.7 Å². The zero-order valence-corrected chi connectivity index (χ0v) is 13.3. The number of hydrogen-bond acceptors (Lipinski definition) is 4. The van der Waals surface area contributed by atoms with Crippen molar-refractivity contribution in [1.29, 1.82) is 5.26 Å². The van der Waals surface area contributed by atoms with Gasteiger partial charge in [0, 0.05) is 11.4 Å². The average Bonchev–Trinajstić information content (AvgIpc) is 2.35. The zero-order chi connectivity index (χ0) is 16.9. The third kappa shape index (κ3) is 5.62. The minimum Gasteiger partial charge on any atom is -0.480 e. The maximum absolute atomic E-state index is 11.7. The first kappa shape index (κ1) is 17.8. The van der Waals surface area contributed by atoms with Gasteiger partial charge in [0.15, 0.2) is 0 Å². The SMILES string of the molecule is CC(C)(C)OC(=O)NC(Cc1cc(Cl)ccc1C#N)C(=O)O. The molecule has 0 radical (unpaired) electrons. The Bertz CT molecular complexity index is 617. The van der Waals surface area contributed by atoms with Gasteiger partial charge in [0.25, 0.3) is 0 Å². The molecule has 2 N–H and O–H groups in total. The maximum Gasteiger partial charge on any atom is 0.408 e. The molecule has 6 nitrogen and oxygen atoms in total. The summed E-state index contributed by atoms with van der Waals surface area (Å²) < 4.78 is 5.03. The molecule has 0 aliphatic rings. The van der Waals surface area contributed by atoms with Crippen molar-refractivity contribution in [3.8, 4) is 6.07 Å². The van der Waals surface area contributed by atoms with Crippen molar-refractivity contribution >= 4 is 23.7 Å². The van der Waals surface area contributed by atoms with Crippen molar-refractivity contribution in [2.24, 2.45) is 0 Å². The predicted molar refractivity (Wildman–Crippen MR) is 80.7 cm³/mol. The summed E-state index contributed by atoms with van der Waals surface area (Å²) in [6.07, 6.45) is -0.904. The second-order valence-corrected chi connectivity index (χ2v) is 6.09. The lowest BCUT2D eigenvalue weighted by atomic mass is 10.0. The second-order valence-electron chi connectivity index (χ2n) is 5.65. The summed E-state index contributed by atoms with van der Waals surface area (Å²) >= 11 is 5.86. The standard InChI is InChI=1S/C15H17ClN2O4/c1-15(2,3)22-14(21)18-12(13(19)20)7-10-6-11(16)5-4-9(10)8-17/h4-6,12H,7H2,1-3H3,(H,18,21)(H,19,20). The van der Waals surface area contributed by atoms with Gasteiger partial charge in [-0.05, 0) is 44.5 Å². The molecule has 0 bridgehead atoms. The number of carbonyl (C=O) groups excluding carboxylic acids is 1. The summed E-state index contributed by atoms with van der Waals surface area (Å²) in [6, 6.07) is 5.29. The van der Waals surface area contributed by atoms with Gasteiger partial charge in [-0.3, -0.25) is 0 Å². The molecule has 7 heteroatoms. The van der Waals surface area contributed by atoms with Crippen molar-refractivity contribution in [3.63, 3.8) is 0 Å². The third-order valence-corrected chi connectivity index (χ3v) is 2.84. The van der Waals surface area contributed by atoms with Gasteiger partial charge < -0.3 is 15.2 Å². The maximum atomic E-state index is 11.7. The lowest BCUT2D eigenvalue weighted by Crippen LogP contribution is -2.44. The molecule has 0 aliphatic carbocycles. The van der Waals surface area contributed by atoms with Crippen molar-refractivity contribution in [3.05, 3.63) is 34.3 Å². The Labute approximate surface area is 133 Å². The van der Waals surface area contributed by atoms with Crippen molar-refractivity contribution in [1.82, 2.24) is 5.32 Å². The van der Waals surface area contributed by atoms with E-state index in [0.717, 1.165) is 0 Å². The smallest absolute Gasteiger partial charge is 0.408 e. The van der Waals surface area contributed by atoms with E-state index in [-0.39, 0.29) is 6.42 Å². The Balaban J connectivity index is 2.90. The first-order valence-electron chi connectivity index (χ1n) is 6.53. The Morgan fingerprint density at radius 3 is 2.59 bits per heavy atom. The summed E-state index contributed by atoms with van der Waals surface area (Å²) in [5.74, 6) is -1.23. The molecule has 22 heavy (non-hydrogen) atoms. The number of nitrogens with one attached hydrogen (secondary N) is 1. The summed E-state index contributed by atoms with van der Waals surface area (Å²) in [4.78, 5) is 23.0. The normalized spacial score (nSPS) is 12.1. The quantitative estimate of drug-likeness (QED) is 0.887. The van der Waals surface area contributed by atoms with E-state index in [1.54, 1.807) is 26.8 Å². The highest BCUT2D eigenvalue weighted by Crippen LogP contribution is 2.17. The fraction of sp³-hybridized carbons (Fsp3) is 0.400. The summed E-state index contributed by atoms with van der Waals surface area (Å²) in [6.45, 7) is 5.02. The number of rotatable bonds is 4. The van der Waals surface area contributed by atoms with Crippen molar-refractivity contribution < 1.29 is 19.4 Å².